The molecule has 0 spiro atoms. The van der Waals surface area contributed by atoms with Crippen molar-refractivity contribution < 1.29 is 13.2 Å². The SMILES string of the molecule is CNc1ncc(Br)cc1S(=O)(=O)N1CCCC(COC)C1. The van der Waals surface area contributed by atoms with Crippen molar-refractivity contribution in [3.63, 3.8) is 0 Å². The van der Waals surface area contributed by atoms with Crippen molar-refractivity contribution in [1.29, 1.82) is 0 Å². The van der Waals surface area contributed by atoms with Crippen LogP contribution in [0.3, 0.4) is 0 Å². The predicted molar refractivity (Wildman–Crippen MR) is 84.8 cm³/mol. The van der Waals surface area contributed by atoms with Crippen LogP contribution in [0.4, 0.5) is 5.82 Å². The molecule has 1 fully saturated rings. The highest BCUT2D eigenvalue weighted by Crippen LogP contribution is 2.29. The van der Waals surface area contributed by atoms with Crippen LogP contribution >= 0.6 is 15.9 Å². The molecule has 2 heterocycles. The van der Waals surface area contributed by atoms with Crippen LogP contribution in [0.25, 0.3) is 0 Å². The maximum atomic E-state index is 12.9. The number of methoxy groups -OCH3 is 1. The van der Waals surface area contributed by atoms with Gasteiger partial charge in [-0.2, -0.15) is 4.31 Å². The van der Waals surface area contributed by atoms with Gasteiger partial charge in [0.1, 0.15) is 10.7 Å². The molecule has 2 rings (SSSR count). The molecule has 21 heavy (non-hydrogen) atoms. The van der Waals surface area contributed by atoms with Crippen molar-refractivity contribution in [1.82, 2.24) is 9.29 Å². The Morgan fingerprint density at radius 1 is 1.57 bits per heavy atom. The third-order valence-corrected chi connectivity index (χ3v) is 5.87. The lowest BCUT2D eigenvalue weighted by atomic mass is 10.0. The lowest BCUT2D eigenvalue weighted by Gasteiger charge is -2.31. The van der Waals surface area contributed by atoms with Gasteiger partial charge < -0.3 is 10.1 Å². The van der Waals surface area contributed by atoms with E-state index in [0.717, 1.165) is 12.8 Å². The first kappa shape index (κ1) is 16.7. The number of piperidine rings is 1. The molecular formula is C13H20BrN3O3S. The van der Waals surface area contributed by atoms with Crippen LogP contribution in [-0.2, 0) is 14.8 Å². The molecule has 0 saturated carbocycles. The highest BCUT2D eigenvalue weighted by Gasteiger charge is 2.32. The number of hydrogen-bond donors (Lipinski definition) is 1. The van der Waals surface area contributed by atoms with E-state index in [1.165, 1.54) is 4.31 Å². The summed E-state index contributed by atoms with van der Waals surface area (Å²) < 4.78 is 33.0. The molecule has 0 aliphatic carbocycles. The van der Waals surface area contributed by atoms with Crippen molar-refractivity contribution in [2.24, 2.45) is 5.92 Å². The quantitative estimate of drug-likeness (QED) is 0.848. The van der Waals surface area contributed by atoms with Gasteiger partial charge in [0.05, 0.1) is 6.61 Å². The Morgan fingerprint density at radius 3 is 3.00 bits per heavy atom. The van der Waals surface area contributed by atoms with E-state index in [-0.39, 0.29) is 10.8 Å². The minimum absolute atomic E-state index is 0.206. The van der Waals surface area contributed by atoms with Gasteiger partial charge in [-0.1, -0.05) is 0 Å². The molecule has 1 unspecified atom stereocenters. The lowest BCUT2D eigenvalue weighted by molar-refractivity contribution is 0.118. The Hall–Kier alpha value is -0.700. The van der Waals surface area contributed by atoms with Gasteiger partial charge in [0.25, 0.3) is 0 Å². The first-order valence-corrected chi connectivity index (χ1v) is 9.04. The molecule has 0 bridgehead atoms. The summed E-state index contributed by atoms with van der Waals surface area (Å²) in [6.07, 6.45) is 3.42. The summed E-state index contributed by atoms with van der Waals surface area (Å²) in [5.74, 6) is 0.615. The number of anilines is 1. The molecule has 6 nitrogen and oxygen atoms in total. The van der Waals surface area contributed by atoms with Gasteiger partial charge in [-0.25, -0.2) is 13.4 Å². The molecule has 1 saturated heterocycles. The molecular weight excluding hydrogens is 358 g/mol. The van der Waals surface area contributed by atoms with Crippen LogP contribution in [0.1, 0.15) is 12.8 Å². The average molecular weight is 378 g/mol. The Kier molecular flexibility index (Phi) is 5.59. The number of hydrogen-bond acceptors (Lipinski definition) is 5. The van der Waals surface area contributed by atoms with Crippen molar-refractivity contribution >= 4 is 31.8 Å². The third-order valence-electron chi connectivity index (χ3n) is 3.56. The minimum Gasteiger partial charge on any atom is -0.384 e. The van der Waals surface area contributed by atoms with E-state index in [0.29, 0.717) is 30.0 Å². The summed E-state index contributed by atoms with van der Waals surface area (Å²) in [6, 6.07) is 1.59. The fourth-order valence-corrected chi connectivity index (χ4v) is 4.77. The maximum Gasteiger partial charge on any atom is 0.246 e. The number of ether oxygens (including phenoxy) is 1. The van der Waals surface area contributed by atoms with Crippen LogP contribution in [0.5, 0.6) is 0 Å². The molecule has 1 aromatic rings. The van der Waals surface area contributed by atoms with E-state index in [4.69, 9.17) is 4.74 Å². The number of aromatic nitrogens is 1. The van der Waals surface area contributed by atoms with Gasteiger partial charge in [-0.3, -0.25) is 0 Å². The normalized spacial score (nSPS) is 20.4. The first-order chi connectivity index (χ1) is 9.98. The van der Waals surface area contributed by atoms with Crippen LogP contribution in [-0.4, -0.2) is 51.6 Å². The largest absolute Gasteiger partial charge is 0.384 e. The first-order valence-electron chi connectivity index (χ1n) is 6.81. The molecule has 0 aromatic carbocycles. The summed E-state index contributed by atoms with van der Waals surface area (Å²) in [5, 5.41) is 2.84. The number of halogens is 1. The van der Waals surface area contributed by atoms with Gasteiger partial charge >= 0.3 is 0 Å². The average Bonchev–Trinajstić information content (AvgIpc) is 2.48. The summed E-state index contributed by atoms with van der Waals surface area (Å²) in [4.78, 5) is 4.33. The number of nitrogens with one attached hydrogen (secondary N) is 1. The topological polar surface area (TPSA) is 71.5 Å². The second-order valence-corrected chi connectivity index (χ2v) is 7.90. The zero-order valence-corrected chi connectivity index (χ0v) is 14.6. The highest BCUT2D eigenvalue weighted by atomic mass is 79.9. The Bertz CT molecular complexity index is 592. The van der Waals surface area contributed by atoms with Crippen LogP contribution in [0.15, 0.2) is 21.6 Å². The molecule has 1 aliphatic rings. The zero-order chi connectivity index (χ0) is 15.5. The molecule has 1 atom stereocenters. The van der Waals surface area contributed by atoms with Gasteiger partial charge in [0.15, 0.2) is 0 Å². The Balaban J connectivity index is 2.31. The predicted octanol–water partition coefficient (Wildman–Crippen LogP) is 1.93. The molecule has 8 heteroatoms. The Labute approximate surface area is 134 Å². The number of nitrogens with zero attached hydrogens (tertiary/aromatic N) is 2. The maximum absolute atomic E-state index is 12.9. The fraction of sp³-hybridized carbons (Fsp3) is 0.615. The molecule has 0 amide bonds. The van der Waals surface area contributed by atoms with Crippen LogP contribution < -0.4 is 5.32 Å². The molecule has 1 N–H and O–H groups in total. The number of rotatable bonds is 5. The fourth-order valence-electron chi connectivity index (χ4n) is 2.56. The smallest absolute Gasteiger partial charge is 0.246 e. The monoisotopic (exact) mass is 377 g/mol. The standard InChI is InChI=1S/C13H20BrN3O3S/c1-15-13-12(6-11(14)7-16-13)21(18,19)17-5-3-4-10(8-17)9-20-2/h6-7,10H,3-5,8-9H2,1-2H3,(H,15,16). The van der Waals surface area contributed by atoms with E-state index in [9.17, 15) is 8.42 Å². The van der Waals surface area contributed by atoms with Gasteiger partial charge in [0, 0.05) is 37.9 Å². The van der Waals surface area contributed by atoms with Crippen molar-refractivity contribution in [2.45, 2.75) is 17.7 Å². The third kappa shape index (κ3) is 3.74. The zero-order valence-electron chi connectivity index (χ0n) is 12.2. The van der Waals surface area contributed by atoms with E-state index in [1.807, 2.05) is 0 Å². The minimum atomic E-state index is -3.56. The molecule has 1 aliphatic heterocycles. The van der Waals surface area contributed by atoms with E-state index < -0.39 is 10.0 Å². The van der Waals surface area contributed by atoms with E-state index >= 15 is 0 Å². The van der Waals surface area contributed by atoms with Crippen LogP contribution in [0.2, 0.25) is 0 Å². The summed E-state index contributed by atoms with van der Waals surface area (Å²) >= 11 is 3.29. The molecule has 0 radical (unpaired) electrons. The summed E-state index contributed by atoms with van der Waals surface area (Å²) in [6.45, 7) is 1.62. The van der Waals surface area contributed by atoms with E-state index in [1.54, 1.807) is 26.4 Å². The van der Waals surface area contributed by atoms with Gasteiger partial charge in [-0.15, -0.1) is 0 Å². The summed E-state index contributed by atoms with van der Waals surface area (Å²) in [7, 11) is -0.246. The summed E-state index contributed by atoms with van der Waals surface area (Å²) in [5.41, 5.74) is 0. The van der Waals surface area contributed by atoms with Crippen molar-refractivity contribution in [2.75, 3.05) is 39.2 Å². The second kappa shape index (κ2) is 7.04. The highest BCUT2D eigenvalue weighted by molar-refractivity contribution is 9.10. The van der Waals surface area contributed by atoms with Gasteiger partial charge in [0.2, 0.25) is 10.0 Å². The lowest BCUT2D eigenvalue weighted by Crippen LogP contribution is -2.41. The molecule has 118 valence electrons. The Morgan fingerprint density at radius 2 is 2.33 bits per heavy atom. The number of sulfonamides is 1. The van der Waals surface area contributed by atoms with Crippen molar-refractivity contribution in [3.8, 4) is 0 Å². The molecule has 1 aromatic heterocycles. The van der Waals surface area contributed by atoms with Crippen LogP contribution in [0, 0.1) is 5.92 Å². The second-order valence-electron chi connectivity index (χ2n) is 5.08. The van der Waals surface area contributed by atoms with Gasteiger partial charge in [-0.05, 0) is 40.8 Å². The number of pyridine rings is 1. The van der Waals surface area contributed by atoms with Crippen molar-refractivity contribution in [3.05, 3.63) is 16.7 Å². The van der Waals surface area contributed by atoms with E-state index in [2.05, 4.69) is 26.2 Å².